The van der Waals surface area contributed by atoms with E-state index in [4.69, 9.17) is 4.42 Å². The van der Waals surface area contributed by atoms with Crippen LogP contribution in [0, 0.1) is 0 Å². The lowest BCUT2D eigenvalue weighted by molar-refractivity contribution is 0.111. The Hall–Kier alpha value is -1.21. The van der Waals surface area contributed by atoms with E-state index in [0.29, 0.717) is 12.0 Å². The minimum Gasteiger partial charge on any atom is -0.448 e. The number of rotatable bonds is 7. The maximum Gasteiger partial charge on any atom is 0.181 e. The van der Waals surface area contributed by atoms with Gasteiger partial charge >= 0.3 is 0 Å². The number of thiophene rings is 1. The number of nitrogens with one attached hydrogen (secondary N) is 1. The number of nitrogens with zero attached hydrogens (tertiary/aromatic N) is 3. The lowest BCUT2D eigenvalue weighted by Gasteiger charge is -2.37. The van der Waals surface area contributed by atoms with E-state index < -0.39 is 0 Å². The van der Waals surface area contributed by atoms with Crippen molar-refractivity contribution in [3.8, 4) is 0 Å². The third-order valence-electron chi connectivity index (χ3n) is 5.10. The molecule has 4 rings (SSSR count). The predicted octanol–water partition coefficient (Wildman–Crippen LogP) is 2.69. The van der Waals surface area contributed by atoms with Gasteiger partial charge in [-0.1, -0.05) is 6.07 Å². The molecule has 0 spiro atoms. The molecule has 0 amide bonds. The van der Waals surface area contributed by atoms with Crippen LogP contribution < -0.4 is 5.32 Å². The first kappa shape index (κ1) is 16.3. The lowest BCUT2D eigenvalue weighted by atomic mass is 10.1. The Balaban J connectivity index is 1.38. The first-order chi connectivity index (χ1) is 11.8. The third-order valence-corrected chi connectivity index (χ3v) is 6.07. The molecule has 2 aromatic rings. The Morgan fingerprint density at radius 1 is 1.33 bits per heavy atom. The highest BCUT2D eigenvalue weighted by molar-refractivity contribution is 7.10. The molecular formula is C18H26N4OS. The largest absolute Gasteiger partial charge is 0.448 e. The average molecular weight is 347 g/mol. The molecule has 5 nitrogen and oxygen atoms in total. The van der Waals surface area contributed by atoms with Crippen LogP contribution in [-0.4, -0.2) is 54.6 Å². The van der Waals surface area contributed by atoms with Crippen LogP contribution in [0.25, 0.3) is 0 Å². The van der Waals surface area contributed by atoms with Crippen LogP contribution in [0.5, 0.6) is 0 Å². The van der Waals surface area contributed by atoms with Crippen LogP contribution in [0.4, 0.5) is 0 Å². The molecular weight excluding hydrogens is 320 g/mol. The molecule has 1 N–H and O–H groups in total. The van der Waals surface area contributed by atoms with Crippen molar-refractivity contribution in [2.24, 2.45) is 0 Å². The summed E-state index contributed by atoms with van der Waals surface area (Å²) in [4.78, 5) is 10.9. The number of aromatic nitrogens is 1. The fraction of sp³-hybridized carbons (Fsp3) is 0.611. The average Bonchev–Trinajstić information content (AvgIpc) is 3.10. The van der Waals surface area contributed by atoms with Crippen molar-refractivity contribution in [2.45, 2.75) is 31.3 Å². The standard InChI is InChI=1S/C18H26N4OS/c1-21-6-8-22(9-7-21)16(17-3-2-10-24-17)12-19-11-15-18(14-4-5-14)23-13-20-15/h2-3,10,13-14,16,19H,4-9,11-12H2,1H3. The number of hydrogen-bond acceptors (Lipinski definition) is 6. The number of piperazine rings is 1. The highest BCUT2D eigenvalue weighted by Gasteiger charge is 2.30. The van der Waals surface area contributed by atoms with Crippen LogP contribution in [0.1, 0.15) is 41.1 Å². The molecule has 2 aromatic heterocycles. The van der Waals surface area contributed by atoms with E-state index >= 15 is 0 Å². The maximum absolute atomic E-state index is 5.58. The predicted molar refractivity (Wildman–Crippen MR) is 96.3 cm³/mol. The SMILES string of the molecule is CN1CCN(C(CNCc2ncoc2C2CC2)c2cccs2)CC1. The molecule has 0 bridgehead atoms. The summed E-state index contributed by atoms with van der Waals surface area (Å²) in [7, 11) is 2.21. The van der Waals surface area contributed by atoms with E-state index in [1.165, 1.54) is 17.7 Å². The van der Waals surface area contributed by atoms with Gasteiger partial charge in [0.25, 0.3) is 0 Å². The molecule has 6 heteroatoms. The van der Waals surface area contributed by atoms with Crippen LogP contribution >= 0.6 is 11.3 Å². The molecule has 0 aromatic carbocycles. The Bertz CT molecular complexity index is 629. The van der Waals surface area contributed by atoms with Gasteiger partial charge in [0.2, 0.25) is 0 Å². The quantitative estimate of drug-likeness (QED) is 0.835. The van der Waals surface area contributed by atoms with Gasteiger partial charge in [-0.15, -0.1) is 11.3 Å². The van der Waals surface area contributed by atoms with Gasteiger partial charge in [0.05, 0.1) is 11.7 Å². The molecule has 2 aliphatic rings. The zero-order valence-corrected chi connectivity index (χ0v) is 15.1. The van der Waals surface area contributed by atoms with Gasteiger partial charge in [0.15, 0.2) is 6.39 Å². The summed E-state index contributed by atoms with van der Waals surface area (Å²) in [6.07, 6.45) is 4.10. The van der Waals surface area contributed by atoms with Crippen molar-refractivity contribution in [3.63, 3.8) is 0 Å². The summed E-state index contributed by atoms with van der Waals surface area (Å²) in [6, 6.07) is 4.88. The van der Waals surface area contributed by atoms with Crippen molar-refractivity contribution >= 4 is 11.3 Å². The number of oxazole rings is 1. The minimum absolute atomic E-state index is 0.454. The van der Waals surface area contributed by atoms with Gasteiger partial charge in [0, 0.05) is 50.1 Å². The van der Waals surface area contributed by atoms with Crippen LogP contribution in [0.3, 0.4) is 0 Å². The summed E-state index contributed by atoms with van der Waals surface area (Å²) in [5.74, 6) is 1.73. The first-order valence-corrected chi connectivity index (χ1v) is 9.78. The summed E-state index contributed by atoms with van der Waals surface area (Å²) < 4.78 is 5.58. The van der Waals surface area contributed by atoms with Crippen LogP contribution in [0.15, 0.2) is 28.3 Å². The van der Waals surface area contributed by atoms with Gasteiger partial charge in [-0.3, -0.25) is 4.90 Å². The summed E-state index contributed by atoms with van der Waals surface area (Å²) in [5.41, 5.74) is 1.10. The van der Waals surface area contributed by atoms with Gasteiger partial charge < -0.3 is 14.6 Å². The van der Waals surface area contributed by atoms with Crippen molar-refractivity contribution in [3.05, 3.63) is 40.2 Å². The minimum atomic E-state index is 0.454. The Morgan fingerprint density at radius 2 is 2.17 bits per heavy atom. The molecule has 1 saturated carbocycles. The molecule has 1 aliphatic carbocycles. The second-order valence-corrected chi connectivity index (χ2v) is 7.92. The smallest absolute Gasteiger partial charge is 0.181 e. The van der Waals surface area contributed by atoms with E-state index in [1.54, 1.807) is 6.39 Å². The van der Waals surface area contributed by atoms with Crippen LogP contribution in [0.2, 0.25) is 0 Å². The molecule has 2 fully saturated rings. The Morgan fingerprint density at radius 3 is 2.88 bits per heavy atom. The van der Waals surface area contributed by atoms with E-state index in [9.17, 15) is 0 Å². The zero-order valence-electron chi connectivity index (χ0n) is 14.3. The maximum atomic E-state index is 5.58. The second-order valence-electron chi connectivity index (χ2n) is 6.94. The topological polar surface area (TPSA) is 44.5 Å². The summed E-state index contributed by atoms with van der Waals surface area (Å²) in [6.45, 7) is 6.34. The molecule has 1 aliphatic heterocycles. The van der Waals surface area contributed by atoms with Gasteiger partial charge in [-0.05, 0) is 31.3 Å². The third kappa shape index (κ3) is 3.72. The summed E-state index contributed by atoms with van der Waals surface area (Å²) >= 11 is 1.86. The molecule has 1 saturated heterocycles. The van der Waals surface area contributed by atoms with E-state index in [2.05, 4.69) is 44.7 Å². The Labute approximate surface area is 147 Å². The fourth-order valence-electron chi connectivity index (χ4n) is 3.44. The summed E-state index contributed by atoms with van der Waals surface area (Å²) in [5, 5.41) is 5.82. The lowest BCUT2D eigenvalue weighted by Crippen LogP contribution is -2.47. The monoisotopic (exact) mass is 346 g/mol. The first-order valence-electron chi connectivity index (χ1n) is 8.90. The highest BCUT2D eigenvalue weighted by Crippen LogP contribution is 2.41. The molecule has 0 radical (unpaired) electrons. The molecule has 1 unspecified atom stereocenters. The molecule has 130 valence electrons. The Kier molecular flexibility index (Phi) is 4.98. The van der Waals surface area contributed by atoms with Crippen molar-refractivity contribution in [1.29, 1.82) is 0 Å². The van der Waals surface area contributed by atoms with Crippen LogP contribution in [-0.2, 0) is 6.54 Å². The molecule has 3 heterocycles. The normalized spacial score (nSPS) is 21.2. The second kappa shape index (κ2) is 7.35. The van der Waals surface area contributed by atoms with Gasteiger partial charge in [-0.25, -0.2) is 4.98 Å². The highest BCUT2D eigenvalue weighted by atomic mass is 32.1. The van der Waals surface area contributed by atoms with Crippen molar-refractivity contribution in [1.82, 2.24) is 20.1 Å². The van der Waals surface area contributed by atoms with Gasteiger partial charge in [-0.2, -0.15) is 0 Å². The number of hydrogen-bond donors (Lipinski definition) is 1. The van der Waals surface area contributed by atoms with E-state index in [0.717, 1.165) is 50.7 Å². The zero-order chi connectivity index (χ0) is 16.4. The van der Waals surface area contributed by atoms with E-state index in [1.807, 2.05) is 11.3 Å². The van der Waals surface area contributed by atoms with Gasteiger partial charge in [0.1, 0.15) is 5.76 Å². The fourth-order valence-corrected chi connectivity index (χ4v) is 4.30. The van der Waals surface area contributed by atoms with Crippen molar-refractivity contribution < 1.29 is 4.42 Å². The van der Waals surface area contributed by atoms with Crippen molar-refractivity contribution in [2.75, 3.05) is 39.8 Å². The number of likely N-dealkylation sites (N-methyl/N-ethyl adjacent to an activating group) is 1. The van der Waals surface area contributed by atoms with E-state index in [-0.39, 0.29) is 0 Å². The molecule has 1 atom stereocenters. The molecule has 24 heavy (non-hydrogen) atoms.